The van der Waals surface area contributed by atoms with Crippen LogP contribution in [0.1, 0.15) is 20.8 Å². The molecule has 254 valence electrons. The Morgan fingerprint density at radius 3 is 1.04 bits per heavy atom. The summed E-state index contributed by atoms with van der Waals surface area (Å²) in [6.45, 7) is 19.4. The van der Waals surface area contributed by atoms with Gasteiger partial charge in [-0.25, -0.2) is 0 Å². The van der Waals surface area contributed by atoms with Crippen molar-refractivity contribution in [3.63, 3.8) is 0 Å². The highest BCUT2D eigenvalue weighted by atomic mass is 28.4. The molecule has 10 heteroatoms. The summed E-state index contributed by atoms with van der Waals surface area (Å²) >= 11 is 0. The number of hydrogen-bond donors (Lipinski definition) is 0. The van der Waals surface area contributed by atoms with E-state index < -0.39 is 8.32 Å². The lowest BCUT2D eigenvalue weighted by Crippen LogP contribution is -2.66. The summed E-state index contributed by atoms with van der Waals surface area (Å²) < 4.78 is 50.9. The molecule has 0 aromatic heterocycles. The van der Waals surface area contributed by atoms with Gasteiger partial charge in [0.2, 0.25) is 0 Å². The van der Waals surface area contributed by atoms with Crippen molar-refractivity contribution in [2.75, 3.05) is 112 Å². The summed E-state index contributed by atoms with van der Waals surface area (Å²) in [5, 5.41) is 2.49. The third-order valence-electron chi connectivity index (χ3n) is 6.80. The van der Waals surface area contributed by atoms with Gasteiger partial charge in [-0.1, -0.05) is 87.5 Å². The minimum atomic E-state index is -2.53. The van der Waals surface area contributed by atoms with Crippen molar-refractivity contribution < 1.29 is 42.3 Å². The Hall–Kier alpha value is -1.96. The summed E-state index contributed by atoms with van der Waals surface area (Å²) in [6, 6.07) is 21.3. The molecule has 9 nitrogen and oxygen atoms in total. The Bertz CT molecular complexity index is 917. The van der Waals surface area contributed by atoms with Gasteiger partial charge in [0, 0.05) is 0 Å². The molecule has 0 amide bonds. The van der Waals surface area contributed by atoms with Gasteiger partial charge in [0.15, 0.2) is 0 Å². The van der Waals surface area contributed by atoms with Crippen LogP contribution in [0.4, 0.5) is 0 Å². The summed E-state index contributed by atoms with van der Waals surface area (Å²) in [7, 11) is -2.53. The van der Waals surface area contributed by atoms with E-state index in [1.54, 1.807) is 6.08 Å². The van der Waals surface area contributed by atoms with Crippen molar-refractivity contribution in [1.29, 1.82) is 0 Å². The van der Waals surface area contributed by atoms with Crippen molar-refractivity contribution in [3.05, 3.63) is 73.3 Å². The third kappa shape index (κ3) is 16.4. The Kier molecular flexibility index (Phi) is 21.9. The van der Waals surface area contributed by atoms with Crippen molar-refractivity contribution in [1.82, 2.24) is 0 Å². The van der Waals surface area contributed by atoms with Crippen LogP contribution >= 0.6 is 0 Å². The molecule has 0 heterocycles. The average molecular weight is 649 g/mol. The molecular weight excluding hydrogens is 592 g/mol. The van der Waals surface area contributed by atoms with Gasteiger partial charge >= 0.3 is 0 Å². The van der Waals surface area contributed by atoms with E-state index in [2.05, 4.69) is 88.0 Å². The Labute approximate surface area is 272 Å². The molecule has 0 spiro atoms. The number of ether oxygens (including phenoxy) is 8. The second-order valence-corrected chi connectivity index (χ2v) is 15.5. The van der Waals surface area contributed by atoms with Crippen LogP contribution in [0.2, 0.25) is 5.04 Å². The monoisotopic (exact) mass is 648 g/mol. The minimum absolute atomic E-state index is 0.0503. The van der Waals surface area contributed by atoms with Gasteiger partial charge in [-0.3, -0.25) is 0 Å². The van der Waals surface area contributed by atoms with Crippen LogP contribution in [-0.4, -0.2) is 121 Å². The van der Waals surface area contributed by atoms with Crippen LogP contribution in [0.15, 0.2) is 73.3 Å². The zero-order valence-electron chi connectivity index (χ0n) is 27.8. The van der Waals surface area contributed by atoms with Crippen LogP contribution in [0, 0.1) is 0 Å². The zero-order chi connectivity index (χ0) is 32.3. The first-order chi connectivity index (χ1) is 22.0. The van der Waals surface area contributed by atoms with E-state index in [-0.39, 0.29) is 5.04 Å². The van der Waals surface area contributed by atoms with Gasteiger partial charge in [0.1, 0.15) is 0 Å². The topological polar surface area (TPSA) is 83.1 Å². The Balaban J connectivity index is 1.42. The molecule has 2 aromatic rings. The van der Waals surface area contributed by atoms with Gasteiger partial charge in [-0.05, 0) is 15.4 Å². The van der Waals surface area contributed by atoms with E-state index >= 15 is 0 Å². The molecule has 0 radical (unpaired) electrons. The molecule has 0 N–H and O–H groups in total. The predicted octanol–water partition coefficient (Wildman–Crippen LogP) is 3.88. The van der Waals surface area contributed by atoms with E-state index in [0.717, 1.165) is 0 Å². The predicted molar refractivity (Wildman–Crippen MR) is 180 cm³/mol. The first kappa shape index (κ1) is 39.2. The molecule has 0 saturated heterocycles. The molecule has 45 heavy (non-hydrogen) atoms. The minimum Gasteiger partial charge on any atom is -0.405 e. The lowest BCUT2D eigenvalue weighted by Gasteiger charge is -2.43. The van der Waals surface area contributed by atoms with Crippen LogP contribution in [-0.2, 0) is 42.3 Å². The number of benzene rings is 2. The van der Waals surface area contributed by atoms with Crippen molar-refractivity contribution in [2.45, 2.75) is 25.8 Å². The van der Waals surface area contributed by atoms with Gasteiger partial charge in [-0.15, -0.1) is 6.58 Å². The van der Waals surface area contributed by atoms with E-state index in [9.17, 15) is 0 Å². The Morgan fingerprint density at radius 2 is 0.756 bits per heavy atom. The van der Waals surface area contributed by atoms with E-state index in [0.29, 0.717) is 112 Å². The molecule has 2 rings (SSSR count). The highest BCUT2D eigenvalue weighted by molar-refractivity contribution is 6.99. The maximum absolute atomic E-state index is 6.84. The average Bonchev–Trinajstić information content (AvgIpc) is 3.05. The molecule has 0 aliphatic carbocycles. The lowest BCUT2D eigenvalue weighted by atomic mass is 10.2. The van der Waals surface area contributed by atoms with E-state index in [1.165, 1.54) is 10.4 Å². The second kappa shape index (κ2) is 25.2. The summed E-state index contributed by atoms with van der Waals surface area (Å²) in [5.74, 6) is 0. The maximum Gasteiger partial charge on any atom is 0.261 e. The fourth-order valence-electron chi connectivity index (χ4n) is 4.72. The van der Waals surface area contributed by atoms with Crippen LogP contribution < -0.4 is 10.4 Å². The maximum atomic E-state index is 6.84. The highest BCUT2D eigenvalue weighted by Gasteiger charge is 2.49. The second-order valence-electron chi connectivity index (χ2n) is 11.2. The van der Waals surface area contributed by atoms with Crippen molar-refractivity contribution in [3.8, 4) is 0 Å². The molecule has 0 saturated carbocycles. The molecule has 0 atom stereocenters. The smallest absolute Gasteiger partial charge is 0.261 e. The summed E-state index contributed by atoms with van der Waals surface area (Å²) in [5.41, 5.74) is 0. The van der Waals surface area contributed by atoms with E-state index in [4.69, 9.17) is 42.3 Å². The molecule has 2 aromatic carbocycles. The summed E-state index contributed by atoms with van der Waals surface area (Å²) in [6.07, 6.45) is 1.72. The zero-order valence-corrected chi connectivity index (χ0v) is 28.8. The van der Waals surface area contributed by atoms with Gasteiger partial charge < -0.3 is 42.3 Å². The SMILES string of the molecule is C=CCOCCOCCOCCOCCOCCOCCOCCOCCO[Si](c1ccccc1)(c1ccccc1)C(C)(C)C. The standard InChI is InChI=1S/C35H56O9Si/c1-5-16-36-17-18-37-19-20-38-21-22-39-23-24-40-25-26-41-27-28-42-29-30-43-31-32-44-45(35(2,3)4,33-12-8-6-9-13-33)34-14-10-7-11-15-34/h5-15H,1,16-32H2,2-4H3. The molecule has 0 unspecified atom stereocenters. The van der Waals surface area contributed by atoms with Gasteiger partial charge in [0.25, 0.3) is 8.32 Å². The van der Waals surface area contributed by atoms with Gasteiger partial charge in [0.05, 0.1) is 112 Å². The number of rotatable bonds is 29. The molecule has 0 aliphatic rings. The highest BCUT2D eigenvalue weighted by Crippen LogP contribution is 2.36. The Morgan fingerprint density at radius 1 is 0.467 bits per heavy atom. The van der Waals surface area contributed by atoms with Crippen LogP contribution in [0.25, 0.3) is 0 Å². The van der Waals surface area contributed by atoms with Crippen molar-refractivity contribution in [2.24, 2.45) is 0 Å². The normalized spacial score (nSPS) is 12.1. The van der Waals surface area contributed by atoms with Crippen molar-refractivity contribution >= 4 is 18.7 Å². The quantitative estimate of drug-likeness (QED) is 0.0742. The first-order valence-corrected chi connectivity index (χ1v) is 17.9. The molecule has 0 bridgehead atoms. The van der Waals surface area contributed by atoms with Crippen LogP contribution in [0.3, 0.4) is 0 Å². The lowest BCUT2D eigenvalue weighted by molar-refractivity contribution is -0.0232. The summed E-state index contributed by atoms with van der Waals surface area (Å²) in [4.78, 5) is 0. The van der Waals surface area contributed by atoms with E-state index in [1.807, 2.05) is 0 Å². The van der Waals surface area contributed by atoms with Gasteiger partial charge in [-0.2, -0.15) is 0 Å². The molecule has 0 aliphatic heterocycles. The third-order valence-corrected chi connectivity index (χ3v) is 11.8. The first-order valence-electron chi connectivity index (χ1n) is 16.0. The molecular formula is C35H56O9Si. The molecule has 0 fully saturated rings. The van der Waals surface area contributed by atoms with Crippen LogP contribution in [0.5, 0.6) is 0 Å². The number of hydrogen-bond acceptors (Lipinski definition) is 9. The fraction of sp³-hybridized carbons (Fsp3) is 0.600. The fourth-order valence-corrected chi connectivity index (χ4v) is 9.27. The largest absolute Gasteiger partial charge is 0.405 e.